The molecule has 0 aliphatic carbocycles. The van der Waals surface area contributed by atoms with E-state index in [-0.39, 0.29) is 5.75 Å². The second-order valence-electron chi connectivity index (χ2n) is 3.70. The van der Waals surface area contributed by atoms with Gasteiger partial charge in [-0.3, -0.25) is 0 Å². The van der Waals surface area contributed by atoms with Crippen molar-refractivity contribution in [1.82, 2.24) is 4.72 Å². The molecule has 1 unspecified atom stereocenters. The Morgan fingerprint density at radius 2 is 2.07 bits per heavy atom. The molecule has 1 atom stereocenters. The van der Waals surface area contributed by atoms with Gasteiger partial charge in [-0.25, -0.2) is 13.1 Å². The van der Waals surface area contributed by atoms with E-state index in [1.54, 1.807) is 0 Å². The van der Waals surface area contributed by atoms with Gasteiger partial charge in [0.1, 0.15) is 0 Å². The van der Waals surface area contributed by atoms with Crippen LogP contribution in [0, 0.1) is 5.92 Å². The van der Waals surface area contributed by atoms with Crippen molar-refractivity contribution >= 4 is 10.0 Å². The van der Waals surface area contributed by atoms with Crippen molar-refractivity contribution < 1.29 is 8.42 Å². The van der Waals surface area contributed by atoms with E-state index in [1.165, 1.54) is 0 Å². The Kier molecular flexibility index (Phi) is 7.13. The Morgan fingerprint density at radius 3 is 2.57 bits per heavy atom. The van der Waals surface area contributed by atoms with Crippen molar-refractivity contribution in [2.45, 2.75) is 33.1 Å². The lowest BCUT2D eigenvalue weighted by molar-refractivity contribution is 0.513. The van der Waals surface area contributed by atoms with Crippen LogP contribution in [0.15, 0.2) is 0 Å². The summed E-state index contributed by atoms with van der Waals surface area (Å²) in [6.45, 7) is 5.13. The average molecular weight is 222 g/mol. The molecule has 0 heterocycles. The molecule has 0 aliphatic heterocycles. The van der Waals surface area contributed by atoms with Gasteiger partial charge in [-0.1, -0.05) is 13.8 Å². The van der Waals surface area contributed by atoms with Gasteiger partial charge in [0.05, 0.1) is 5.75 Å². The van der Waals surface area contributed by atoms with Gasteiger partial charge in [0.2, 0.25) is 10.0 Å². The van der Waals surface area contributed by atoms with Gasteiger partial charge in [0.15, 0.2) is 0 Å². The van der Waals surface area contributed by atoms with Crippen LogP contribution in [0.25, 0.3) is 0 Å². The third-order valence-electron chi connectivity index (χ3n) is 2.07. The van der Waals surface area contributed by atoms with Gasteiger partial charge in [0, 0.05) is 6.54 Å². The van der Waals surface area contributed by atoms with Crippen molar-refractivity contribution in [3.8, 4) is 0 Å². The Labute approximate surface area is 87.3 Å². The van der Waals surface area contributed by atoms with Gasteiger partial charge < -0.3 is 5.73 Å². The number of hydrogen-bond acceptors (Lipinski definition) is 3. The predicted octanol–water partition coefficient (Wildman–Crippen LogP) is 0.691. The largest absolute Gasteiger partial charge is 0.330 e. The smallest absolute Gasteiger partial charge is 0.211 e. The zero-order chi connectivity index (χ0) is 11.0. The molecule has 0 saturated carbocycles. The Balaban J connectivity index is 3.54. The molecule has 14 heavy (non-hydrogen) atoms. The fourth-order valence-corrected chi connectivity index (χ4v) is 2.27. The molecule has 0 saturated heterocycles. The molecule has 0 amide bonds. The van der Waals surface area contributed by atoms with Crippen molar-refractivity contribution in [3.63, 3.8) is 0 Å². The van der Waals surface area contributed by atoms with E-state index in [2.05, 4.69) is 11.6 Å². The lowest BCUT2D eigenvalue weighted by atomic mass is 10.1. The average Bonchev–Trinajstić information content (AvgIpc) is 2.12. The highest BCUT2D eigenvalue weighted by Crippen LogP contribution is 2.02. The van der Waals surface area contributed by atoms with E-state index in [0.717, 1.165) is 12.8 Å². The molecule has 0 aliphatic rings. The van der Waals surface area contributed by atoms with Crippen molar-refractivity contribution in [2.24, 2.45) is 11.7 Å². The molecular formula is C9H22N2O2S. The third-order valence-corrected chi connectivity index (χ3v) is 3.66. The first-order chi connectivity index (χ1) is 6.52. The van der Waals surface area contributed by atoms with Crippen LogP contribution in [0.5, 0.6) is 0 Å². The SMILES string of the molecule is CCCS(=O)(=O)NCCCC(C)CN. The van der Waals surface area contributed by atoms with E-state index < -0.39 is 10.0 Å². The van der Waals surface area contributed by atoms with Crippen LogP contribution in [-0.2, 0) is 10.0 Å². The summed E-state index contributed by atoms with van der Waals surface area (Å²) in [4.78, 5) is 0. The molecular weight excluding hydrogens is 200 g/mol. The minimum Gasteiger partial charge on any atom is -0.330 e. The normalized spacial score (nSPS) is 14.2. The first-order valence-electron chi connectivity index (χ1n) is 5.19. The van der Waals surface area contributed by atoms with Crippen molar-refractivity contribution in [1.29, 1.82) is 0 Å². The molecule has 0 fully saturated rings. The van der Waals surface area contributed by atoms with Gasteiger partial charge in [-0.05, 0) is 31.7 Å². The predicted molar refractivity (Wildman–Crippen MR) is 59.5 cm³/mol. The Hall–Kier alpha value is -0.130. The van der Waals surface area contributed by atoms with Crippen LogP contribution in [0.1, 0.15) is 33.1 Å². The maximum Gasteiger partial charge on any atom is 0.211 e. The molecule has 86 valence electrons. The monoisotopic (exact) mass is 222 g/mol. The standard InChI is InChI=1S/C9H22N2O2S/c1-3-7-14(12,13)11-6-4-5-9(2)8-10/h9,11H,3-8,10H2,1-2H3. The summed E-state index contributed by atoms with van der Waals surface area (Å²) >= 11 is 0. The molecule has 4 nitrogen and oxygen atoms in total. The maximum absolute atomic E-state index is 11.2. The fraction of sp³-hybridized carbons (Fsp3) is 1.00. The molecule has 0 radical (unpaired) electrons. The number of nitrogens with one attached hydrogen (secondary N) is 1. The molecule has 5 heteroatoms. The highest BCUT2D eigenvalue weighted by molar-refractivity contribution is 7.89. The zero-order valence-corrected chi connectivity index (χ0v) is 9.94. The lowest BCUT2D eigenvalue weighted by Crippen LogP contribution is -2.27. The molecule has 0 spiro atoms. The van der Waals surface area contributed by atoms with E-state index in [9.17, 15) is 8.42 Å². The summed E-state index contributed by atoms with van der Waals surface area (Å²) in [5.74, 6) is 0.699. The Morgan fingerprint density at radius 1 is 1.43 bits per heavy atom. The van der Waals surface area contributed by atoms with E-state index in [0.29, 0.717) is 25.4 Å². The third kappa shape index (κ3) is 7.29. The maximum atomic E-state index is 11.2. The molecule has 0 rings (SSSR count). The number of hydrogen-bond donors (Lipinski definition) is 2. The van der Waals surface area contributed by atoms with Crippen LogP contribution in [0.3, 0.4) is 0 Å². The van der Waals surface area contributed by atoms with Crippen LogP contribution in [0.4, 0.5) is 0 Å². The van der Waals surface area contributed by atoms with Gasteiger partial charge in [-0.15, -0.1) is 0 Å². The molecule has 0 aromatic heterocycles. The molecule has 0 aromatic rings. The van der Waals surface area contributed by atoms with Gasteiger partial charge in [-0.2, -0.15) is 0 Å². The zero-order valence-electron chi connectivity index (χ0n) is 9.12. The van der Waals surface area contributed by atoms with Crippen LogP contribution >= 0.6 is 0 Å². The molecule has 3 N–H and O–H groups in total. The minimum atomic E-state index is -3.02. The molecule has 0 bridgehead atoms. The summed E-state index contributed by atoms with van der Waals surface area (Å²) in [7, 11) is -3.02. The van der Waals surface area contributed by atoms with Crippen LogP contribution in [-0.4, -0.2) is 27.3 Å². The Bertz CT molecular complexity index is 227. The highest BCUT2D eigenvalue weighted by Gasteiger charge is 2.07. The molecule has 0 aromatic carbocycles. The van der Waals surface area contributed by atoms with Crippen LogP contribution in [0.2, 0.25) is 0 Å². The second kappa shape index (κ2) is 7.20. The topological polar surface area (TPSA) is 72.2 Å². The van der Waals surface area contributed by atoms with Crippen LogP contribution < -0.4 is 10.5 Å². The van der Waals surface area contributed by atoms with Gasteiger partial charge in [0.25, 0.3) is 0 Å². The second-order valence-corrected chi connectivity index (χ2v) is 5.62. The highest BCUT2D eigenvalue weighted by atomic mass is 32.2. The van der Waals surface area contributed by atoms with Gasteiger partial charge >= 0.3 is 0 Å². The van der Waals surface area contributed by atoms with E-state index in [1.807, 2.05) is 6.92 Å². The summed E-state index contributed by atoms with van der Waals surface area (Å²) < 4.78 is 25.0. The number of nitrogens with two attached hydrogens (primary N) is 1. The quantitative estimate of drug-likeness (QED) is 0.594. The fourth-order valence-electron chi connectivity index (χ4n) is 1.14. The number of rotatable bonds is 8. The van der Waals surface area contributed by atoms with E-state index >= 15 is 0 Å². The van der Waals surface area contributed by atoms with Crippen molar-refractivity contribution in [3.05, 3.63) is 0 Å². The summed E-state index contributed by atoms with van der Waals surface area (Å²) in [5.41, 5.74) is 5.45. The number of sulfonamides is 1. The van der Waals surface area contributed by atoms with E-state index in [4.69, 9.17) is 5.73 Å². The lowest BCUT2D eigenvalue weighted by Gasteiger charge is -2.08. The summed E-state index contributed by atoms with van der Waals surface area (Å²) in [6.07, 6.45) is 2.50. The first-order valence-corrected chi connectivity index (χ1v) is 6.84. The first kappa shape index (κ1) is 13.9. The van der Waals surface area contributed by atoms with Crippen molar-refractivity contribution in [2.75, 3.05) is 18.8 Å². The minimum absolute atomic E-state index is 0.222. The summed E-state index contributed by atoms with van der Waals surface area (Å²) in [5, 5.41) is 0. The summed E-state index contributed by atoms with van der Waals surface area (Å²) in [6, 6.07) is 0.